The molecule has 0 radical (unpaired) electrons. The quantitative estimate of drug-likeness (QED) is 0.711. The van der Waals surface area contributed by atoms with Gasteiger partial charge in [0.2, 0.25) is 9.05 Å². The molecule has 0 unspecified atom stereocenters. The van der Waals surface area contributed by atoms with E-state index in [1.165, 1.54) is 6.26 Å². The molecule has 0 aromatic carbocycles. The van der Waals surface area contributed by atoms with Gasteiger partial charge in [-0.3, -0.25) is 0 Å². The van der Waals surface area contributed by atoms with Crippen molar-refractivity contribution in [1.29, 1.82) is 0 Å². The summed E-state index contributed by atoms with van der Waals surface area (Å²) < 4.78 is 26.1. The van der Waals surface area contributed by atoms with E-state index in [9.17, 15) is 8.42 Å². The van der Waals surface area contributed by atoms with E-state index in [0.717, 1.165) is 11.3 Å². The zero-order valence-electron chi connectivity index (χ0n) is 6.58. The van der Waals surface area contributed by atoms with Crippen LogP contribution in [-0.4, -0.2) is 14.2 Å². The standard InChI is InChI=1S/C7H9ClO3S/c1-6-7(2-4-11-6)3-5-12(8,9)10/h2,4H,3,5H2,1H3. The van der Waals surface area contributed by atoms with Crippen molar-refractivity contribution < 1.29 is 12.8 Å². The van der Waals surface area contributed by atoms with Crippen LogP contribution < -0.4 is 0 Å². The highest BCUT2D eigenvalue weighted by atomic mass is 35.7. The Balaban J connectivity index is 2.61. The predicted molar refractivity (Wildman–Crippen MR) is 46.8 cm³/mol. The summed E-state index contributed by atoms with van der Waals surface area (Å²) in [7, 11) is 1.66. The molecule has 0 amide bonds. The lowest BCUT2D eigenvalue weighted by atomic mass is 10.2. The fraction of sp³-hybridized carbons (Fsp3) is 0.429. The molecule has 1 heterocycles. The van der Waals surface area contributed by atoms with Crippen LogP contribution in [0.2, 0.25) is 0 Å². The summed E-state index contributed by atoms with van der Waals surface area (Å²) in [6, 6.07) is 1.75. The molecule has 5 heteroatoms. The van der Waals surface area contributed by atoms with Crippen molar-refractivity contribution in [2.45, 2.75) is 13.3 Å². The summed E-state index contributed by atoms with van der Waals surface area (Å²) in [4.78, 5) is 0. The molecule has 0 aliphatic heterocycles. The molecule has 0 aliphatic rings. The van der Waals surface area contributed by atoms with Gasteiger partial charge in [-0.2, -0.15) is 0 Å². The number of aryl methyl sites for hydroxylation is 2. The average molecular weight is 209 g/mol. The largest absolute Gasteiger partial charge is 0.469 e. The second kappa shape index (κ2) is 3.49. The maximum Gasteiger partial charge on any atom is 0.232 e. The second-order valence-electron chi connectivity index (χ2n) is 2.49. The van der Waals surface area contributed by atoms with E-state index in [0.29, 0.717) is 6.42 Å². The molecule has 0 saturated heterocycles. The number of rotatable bonds is 3. The highest BCUT2D eigenvalue weighted by molar-refractivity contribution is 8.13. The third-order valence-corrected chi connectivity index (χ3v) is 2.74. The summed E-state index contributed by atoms with van der Waals surface area (Å²) in [5.74, 6) is 0.699. The highest BCUT2D eigenvalue weighted by Crippen LogP contribution is 2.11. The zero-order chi connectivity index (χ0) is 9.19. The van der Waals surface area contributed by atoms with Gasteiger partial charge in [0.05, 0.1) is 12.0 Å². The van der Waals surface area contributed by atoms with E-state index in [1.54, 1.807) is 13.0 Å². The third-order valence-electron chi connectivity index (χ3n) is 1.58. The fourth-order valence-electron chi connectivity index (χ4n) is 0.902. The van der Waals surface area contributed by atoms with Crippen LogP contribution in [0.5, 0.6) is 0 Å². The van der Waals surface area contributed by atoms with E-state index >= 15 is 0 Å². The Morgan fingerprint density at radius 2 is 2.25 bits per heavy atom. The lowest BCUT2D eigenvalue weighted by molar-refractivity contribution is 0.530. The molecular formula is C7H9ClO3S. The van der Waals surface area contributed by atoms with Crippen LogP contribution in [0.3, 0.4) is 0 Å². The Morgan fingerprint density at radius 3 is 2.67 bits per heavy atom. The van der Waals surface area contributed by atoms with E-state index < -0.39 is 9.05 Å². The van der Waals surface area contributed by atoms with Gasteiger partial charge in [0.1, 0.15) is 5.76 Å². The van der Waals surface area contributed by atoms with E-state index in [2.05, 4.69) is 0 Å². The molecule has 68 valence electrons. The van der Waals surface area contributed by atoms with Gasteiger partial charge < -0.3 is 4.42 Å². The molecule has 1 aromatic rings. The molecule has 0 bridgehead atoms. The van der Waals surface area contributed by atoms with Gasteiger partial charge in [-0.25, -0.2) is 8.42 Å². The predicted octanol–water partition coefficient (Wildman–Crippen LogP) is 1.70. The molecule has 3 nitrogen and oxygen atoms in total. The molecule has 0 atom stereocenters. The first-order valence-corrected chi connectivity index (χ1v) is 5.92. The Bertz CT molecular complexity index is 352. The van der Waals surface area contributed by atoms with Gasteiger partial charge in [0.15, 0.2) is 0 Å². The van der Waals surface area contributed by atoms with E-state index in [4.69, 9.17) is 15.1 Å². The van der Waals surface area contributed by atoms with Crippen molar-refractivity contribution >= 4 is 19.7 Å². The minimum absolute atomic E-state index is 0.0467. The summed E-state index contributed by atoms with van der Waals surface area (Å²) in [6.07, 6.45) is 1.94. The summed E-state index contributed by atoms with van der Waals surface area (Å²) >= 11 is 0. The normalized spacial score (nSPS) is 11.8. The van der Waals surface area contributed by atoms with E-state index in [1.807, 2.05) is 0 Å². The van der Waals surface area contributed by atoms with Gasteiger partial charge in [-0.05, 0) is 25.0 Å². The van der Waals surface area contributed by atoms with Crippen molar-refractivity contribution in [3.8, 4) is 0 Å². The SMILES string of the molecule is Cc1occc1CCS(=O)(=O)Cl. The van der Waals surface area contributed by atoms with Gasteiger partial charge in [-0.1, -0.05) is 0 Å². The lowest BCUT2D eigenvalue weighted by Crippen LogP contribution is -2.00. The first kappa shape index (κ1) is 9.61. The second-order valence-corrected chi connectivity index (χ2v) is 5.39. The molecule has 0 aliphatic carbocycles. The van der Waals surface area contributed by atoms with Crippen molar-refractivity contribution in [1.82, 2.24) is 0 Å². The van der Waals surface area contributed by atoms with Crippen molar-refractivity contribution in [2.75, 3.05) is 5.75 Å². The van der Waals surface area contributed by atoms with Gasteiger partial charge in [0.25, 0.3) is 0 Å². The molecule has 0 saturated carbocycles. The Hall–Kier alpha value is -0.480. The number of furan rings is 1. The molecule has 1 rings (SSSR count). The minimum atomic E-state index is -3.39. The topological polar surface area (TPSA) is 47.3 Å². The van der Waals surface area contributed by atoms with Crippen LogP contribution in [0.25, 0.3) is 0 Å². The highest BCUT2D eigenvalue weighted by Gasteiger charge is 2.08. The first-order chi connectivity index (χ1) is 5.49. The fourth-order valence-corrected chi connectivity index (χ4v) is 1.60. The Morgan fingerprint density at radius 1 is 1.58 bits per heavy atom. The minimum Gasteiger partial charge on any atom is -0.469 e. The van der Waals surface area contributed by atoms with E-state index in [-0.39, 0.29) is 5.75 Å². The number of hydrogen-bond donors (Lipinski definition) is 0. The Kier molecular flexibility index (Phi) is 2.80. The molecular weight excluding hydrogens is 200 g/mol. The van der Waals surface area contributed by atoms with Crippen molar-refractivity contribution in [2.24, 2.45) is 0 Å². The summed E-state index contributed by atoms with van der Waals surface area (Å²) in [5, 5.41) is 0. The summed E-state index contributed by atoms with van der Waals surface area (Å²) in [5.41, 5.74) is 0.888. The molecule has 0 N–H and O–H groups in total. The molecule has 1 aromatic heterocycles. The van der Waals surface area contributed by atoms with Crippen molar-refractivity contribution in [3.63, 3.8) is 0 Å². The zero-order valence-corrected chi connectivity index (χ0v) is 8.15. The number of hydrogen-bond acceptors (Lipinski definition) is 3. The van der Waals surface area contributed by atoms with Crippen LogP contribution in [0.4, 0.5) is 0 Å². The van der Waals surface area contributed by atoms with Gasteiger partial charge in [0, 0.05) is 10.7 Å². The van der Waals surface area contributed by atoms with Crippen molar-refractivity contribution in [3.05, 3.63) is 23.7 Å². The molecule has 12 heavy (non-hydrogen) atoms. The van der Waals surface area contributed by atoms with Gasteiger partial charge in [-0.15, -0.1) is 0 Å². The van der Waals surface area contributed by atoms with Crippen LogP contribution in [0, 0.1) is 6.92 Å². The van der Waals surface area contributed by atoms with Crippen LogP contribution in [0.15, 0.2) is 16.7 Å². The third kappa shape index (κ3) is 2.87. The van der Waals surface area contributed by atoms with Crippen LogP contribution >= 0.6 is 10.7 Å². The molecule has 0 fully saturated rings. The maximum absolute atomic E-state index is 10.6. The first-order valence-electron chi connectivity index (χ1n) is 3.44. The van der Waals surface area contributed by atoms with Crippen LogP contribution in [-0.2, 0) is 15.5 Å². The van der Waals surface area contributed by atoms with Crippen LogP contribution in [0.1, 0.15) is 11.3 Å². The number of halogens is 1. The monoisotopic (exact) mass is 208 g/mol. The smallest absolute Gasteiger partial charge is 0.232 e. The maximum atomic E-state index is 10.6. The average Bonchev–Trinajstić information content (AvgIpc) is 2.29. The Labute approximate surface area is 75.8 Å². The summed E-state index contributed by atoms with van der Waals surface area (Å²) in [6.45, 7) is 1.79. The lowest BCUT2D eigenvalue weighted by Gasteiger charge is -1.94. The molecule has 0 spiro atoms. The van der Waals surface area contributed by atoms with Gasteiger partial charge >= 0.3 is 0 Å².